The molecule has 31 heavy (non-hydrogen) atoms. The first-order chi connectivity index (χ1) is 15.0. The second-order valence-electron chi connectivity index (χ2n) is 7.55. The number of fused-ring (bicyclic) bond motifs is 1. The first kappa shape index (κ1) is 20.6. The zero-order chi connectivity index (χ0) is 22.0. The van der Waals surface area contributed by atoms with Gasteiger partial charge < -0.3 is 15.0 Å². The molecule has 2 aromatic carbocycles. The summed E-state index contributed by atoms with van der Waals surface area (Å²) in [7, 11) is 1.58. The van der Waals surface area contributed by atoms with Crippen LogP contribution in [0.1, 0.15) is 33.2 Å². The highest BCUT2D eigenvalue weighted by Crippen LogP contribution is 2.20. The molecule has 0 saturated carbocycles. The third-order valence-electron chi connectivity index (χ3n) is 5.34. The van der Waals surface area contributed by atoms with Crippen LogP contribution in [0.25, 0.3) is 16.9 Å². The van der Waals surface area contributed by atoms with Crippen LogP contribution in [0.2, 0.25) is 0 Å². The number of aryl methyl sites for hydroxylation is 2. The number of aromatic amines is 1. The number of carbonyl (C=O) groups excluding carboxylic acids is 1. The summed E-state index contributed by atoms with van der Waals surface area (Å²) in [6.07, 6.45) is 3.34. The van der Waals surface area contributed by atoms with Crippen molar-refractivity contribution in [3.63, 3.8) is 0 Å². The first-order valence-electron chi connectivity index (χ1n) is 10.0. The van der Waals surface area contributed by atoms with Crippen molar-refractivity contribution in [1.82, 2.24) is 19.7 Å². The molecule has 2 N–H and O–H groups in total. The van der Waals surface area contributed by atoms with Crippen molar-refractivity contribution in [2.24, 2.45) is 0 Å². The zero-order valence-electron chi connectivity index (χ0n) is 17.7. The molecule has 0 unspecified atom stereocenters. The number of nitrogens with zero attached hydrogens (tertiary/aromatic N) is 2. The van der Waals surface area contributed by atoms with Crippen LogP contribution < -0.4 is 10.9 Å². The molecule has 0 aliphatic rings. The largest absolute Gasteiger partial charge is 0.382 e. The number of imidazole rings is 1. The van der Waals surface area contributed by atoms with E-state index in [2.05, 4.69) is 15.3 Å². The van der Waals surface area contributed by atoms with Gasteiger partial charge in [-0.15, -0.1) is 0 Å². The molecule has 0 aliphatic heterocycles. The Bertz CT molecular complexity index is 1290. The molecular formula is C24H24N4O3. The maximum Gasteiger partial charge on any atom is 0.292 e. The van der Waals surface area contributed by atoms with Gasteiger partial charge in [0.1, 0.15) is 5.69 Å². The topological polar surface area (TPSA) is 88.5 Å². The molecule has 0 fully saturated rings. The predicted molar refractivity (Wildman–Crippen MR) is 119 cm³/mol. The van der Waals surface area contributed by atoms with Gasteiger partial charge >= 0.3 is 0 Å². The number of hydrogen-bond donors (Lipinski definition) is 2. The number of carbonyl (C=O) groups is 1. The minimum atomic E-state index is -0.373. The molecule has 2 aromatic heterocycles. The molecule has 2 heterocycles. The van der Waals surface area contributed by atoms with Gasteiger partial charge in [-0.2, -0.15) is 0 Å². The summed E-state index contributed by atoms with van der Waals surface area (Å²) in [5.41, 5.74) is 4.77. The van der Waals surface area contributed by atoms with E-state index in [-0.39, 0.29) is 28.8 Å². The third kappa shape index (κ3) is 4.27. The molecule has 4 rings (SSSR count). The van der Waals surface area contributed by atoms with Gasteiger partial charge in [0.25, 0.3) is 11.5 Å². The van der Waals surface area contributed by atoms with Gasteiger partial charge in [0, 0.05) is 19.5 Å². The standard InChI is InChI=1S/C24H24N4O3/c1-15-9-10-18(11-16(15)2)19-12-28-13-20(25-22(28)24(30)26-19)23(29)27-21(14-31-3)17-7-5-4-6-8-17/h4-13,21H,14H2,1-3H3,(H,26,30)(H,27,29)/t21-/m1/s1. The number of ether oxygens (including phenoxy) is 1. The van der Waals surface area contributed by atoms with Crippen molar-refractivity contribution in [3.8, 4) is 11.3 Å². The molecule has 1 atom stereocenters. The van der Waals surface area contributed by atoms with E-state index in [0.717, 1.165) is 16.7 Å². The van der Waals surface area contributed by atoms with E-state index in [0.29, 0.717) is 12.3 Å². The lowest BCUT2D eigenvalue weighted by atomic mass is 10.0. The summed E-state index contributed by atoms with van der Waals surface area (Å²) in [6, 6.07) is 15.2. The Morgan fingerprint density at radius 1 is 1.13 bits per heavy atom. The van der Waals surface area contributed by atoms with Crippen LogP contribution in [0.4, 0.5) is 0 Å². The Labute approximate surface area is 179 Å². The number of rotatable bonds is 6. The summed E-state index contributed by atoms with van der Waals surface area (Å²) < 4.78 is 6.85. The van der Waals surface area contributed by atoms with E-state index in [1.54, 1.807) is 23.9 Å². The molecule has 158 valence electrons. The third-order valence-corrected chi connectivity index (χ3v) is 5.34. The fourth-order valence-corrected chi connectivity index (χ4v) is 3.48. The summed E-state index contributed by atoms with van der Waals surface area (Å²) in [5, 5.41) is 2.94. The fourth-order valence-electron chi connectivity index (χ4n) is 3.48. The van der Waals surface area contributed by atoms with E-state index in [1.165, 1.54) is 5.56 Å². The minimum absolute atomic E-state index is 0.166. The highest BCUT2D eigenvalue weighted by molar-refractivity contribution is 5.93. The number of nitrogens with one attached hydrogen (secondary N) is 2. The van der Waals surface area contributed by atoms with Gasteiger partial charge in [0.05, 0.1) is 18.3 Å². The van der Waals surface area contributed by atoms with Crippen molar-refractivity contribution >= 4 is 11.6 Å². The average Bonchev–Trinajstić information content (AvgIpc) is 3.21. The van der Waals surface area contributed by atoms with Gasteiger partial charge in [-0.1, -0.05) is 42.5 Å². The number of amides is 1. The van der Waals surface area contributed by atoms with Crippen LogP contribution in [-0.4, -0.2) is 34.0 Å². The van der Waals surface area contributed by atoms with Gasteiger partial charge in [0.15, 0.2) is 0 Å². The van der Waals surface area contributed by atoms with Crippen LogP contribution in [0.5, 0.6) is 0 Å². The summed E-state index contributed by atoms with van der Waals surface area (Å²) >= 11 is 0. The number of hydrogen-bond acceptors (Lipinski definition) is 4. The Kier molecular flexibility index (Phi) is 5.68. The van der Waals surface area contributed by atoms with Gasteiger partial charge in [-0.05, 0) is 42.2 Å². The SMILES string of the molecule is COC[C@@H](NC(=O)c1cn2cc(-c3ccc(C)c(C)c3)[nH]c(=O)c2n1)c1ccccc1. The Morgan fingerprint density at radius 3 is 2.61 bits per heavy atom. The number of H-pyrrole nitrogens is 1. The molecule has 1 amide bonds. The molecule has 4 aromatic rings. The van der Waals surface area contributed by atoms with Crippen LogP contribution in [-0.2, 0) is 4.74 Å². The molecule has 0 saturated heterocycles. The molecule has 0 bridgehead atoms. The van der Waals surface area contributed by atoms with Crippen LogP contribution in [0, 0.1) is 13.8 Å². The monoisotopic (exact) mass is 416 g/mol. The van der Waals surface area contributed by atoms with Crippen molar-refractivity contribution < 1.29 is 9.53 Å². The summed E-state index contributed by atoms with van der Waals surface area (Å²) in [6.45, 7) is 4.39. The molecule has 7 nitrogen and oxygen atoms in total. The summed E-state index contributed by atoms with van der Waals surface area (Å²) in [5.74, 6) is -0.373. The maximum atomic E-state index is 12.9. The van der Waals surface area contributed by atoms with E-state index in [4.69, 9.17) is 4.74 Å². The lowest BCUT2D eigenvalue weighted by Crippen LogP contribution is -2.31. The number of benzene rings is 2. The van der Waals surface area contributed by atoms with E-state index >= 15 is 0 Å². The molecular weight excluding hydrogens is 392 g/mol. The van der Waals surface area contributed by atoms with Crippen molar-refractivity contribution in [3.05, 3.63) is 93.7 Å². The molecule has 0 spiro atoms. The van der Waals surface area contributed by atoms with E-state index in [1.807, 2.05) is 62.4 Å². The van der Waals surface area contributed by atoms with E-state index in [9.17, 15) is 9.59 Å². The zero-order valence-corrected chi connectivity index (χ0v) is 17.7. The first-order valence-corrected chi connectivity index (χ1v) is 10.0. The van der Waals surface area contributed by atoms with Crippen LogP contribution >= 0.6 is 0 Å². The van der Waals surface area contributed by atoms with Gasteiger partial charge in [-0.25, -0.2) is 4.98 Å². The quantitative estimate of drug-likeness (QED) is 0.504. The Balaban J connectivity index is 1.65. The van der Waals surface area contributed by atoms with Crippen LogP contribution in [0.3, 0.4) is 0 Å². The minimum Gasteiger partial charge on any atom is -0.382 e. The lowest BCUT2D eigenvalue weighted by molar-refractivity contribution is 0.0892. The summed E-state index contributed by atoms with van der Waals surface area (Å²) in [4.78, 5) is 32.6. The maximum absolute atomic E-state index is 12.9. The van der Waals surface area contributed by atoms with Gasteiger partial charge in [-0.3, -0.25) is 14.0 Å². The lowest BCUT2D eigenvalue weighted by Gasteiger charge is -2.17. The highest BCUT2D eigenvalue weighted by atomic mass is 16.5. The molecule has 0 aliphatic carbocycles. The smallest absolute Gasteiger partial charge is 0.292 e. The second-order valence-corrected chi connectivity index (χ2v) is 7.55. The Hall–Kier alpha value is -3.71. The number of aromatic nitrogens is 3. The van der Waals surface area contributed by atoms with Crippen molar-refractivity contribution in [2.75, 3.05) is 13.7 Å². The second kappa shape index (κ2) is 8.57. The van der Waals surface area contributed by atoms with Gasteiger partial charge in [0.2, 0.25) is 5.65 Å². The van der Waals surface area contributed by atoms with Crippen LogP contribution in [0.15, 0.2) is 65.7 Å². The van der Waals surface area contributed by atoms with E-state index < -0.39 is 0 Å². The average molecular weight is 416 g/mol. The normalized spacial score (nSPS) is 12.1. The fraction of sp³-hybridized carbons (Fsp3) is 0.208. The number of methoxy groups -OCH3 is 1. The Morgan fingerprint density at radius 2 is 1.90 bits per heavy atom. The predicted octanol–water partition coefficient (Wildman–Crippen LogP) is 3.42. The highest BCUT2D eigenvalue weighted by Gasteiger charge is 2.19. The van der Waals surface area contributed by atoms with Crippen molar-refractivity contribution in [2.45, 2.75) is 19.9 Å². The van der Waals surface area contributed by atoms with Crippen molar-refractivity contribution in [1.29, 1.82) is 0 Å². The molecule has 7 heteroatoms. The molecule has 0 radical (unpaired) electrons.